The Morgan fingerprint density at radius 1 is 1.21 bits per heavy atom. The second kappa shape index (κ2) is 6.69. The molecule has 1 aromatic carbocycles. The van der Waals surface area contributed by atoms with E-state index in [0.29, 0.717) is 48.7 Å². The van der Waals surface area contributed by atoms with Gasteiger partial charge in [0, 0.05) is 32.2 Å². The van der Waals surface area contributed by atoms with E-state index in [1.165, 1.54) is 16.6 Å². The fraction of sp³-hybridized carbons (Fsp3) is 0.471. The first-order chi connectivity index (χ1) is 13.2. The fourth-order valence-electron chi connectivity index (χ4n) is 3.08. The third-order valence-electron chi connectivity index (χ3n) is 4.37. The van der Waals surface area contributed by atoms with E-state index in [1.54, 1.807) is 4.90 Å². The fourth-order valence-corrected chi connectivity index (χ4v) is 3.24. The van der Waals surface area contributed by atoms with Crippen LogP contribution in [-0.4, -0.2) is 67.8 Å². The molecule has 28 heavy (non-hydrogen) atoms. The van der Waals surface area contributed by atoms with E-state index < -0.39 is 11.4 Å². The molecule has 0 spiro atoms. The lowest BCUT2D eigenvalue weighted by atomic mass is 10.2. The molecule has 9 nitrogen and oxygen atoms in total. The number of halogens is 2. The Labute approximate surface area is 165 Å². The molecule has 148 valence electrons. The van der Waals surface area contributed by atoms with E-state index in [9.17, 15) is 9.18 Å². The highest BCUT2D eigenvalue weighted by Crippen LogP contribution is 2.27. The van der Waals surface area contributed by atoms with Gasteiger partial charge in [-0.1, -0.05) is 11.6 Å². The van der Waals surface area contributed by atoms with Crippen molar-refractivity contribution in [2.24, 2.45) is 0 Å². The number of rotatable bonds is 1. The SMILES string of the molecule is CC(C)(C)OC(=O)N1CCN(c2nc3cc(F)c(Cl)cc3n3nnnc23)CC1. The number of tetrazole rings is 1. The predicted molar refractivity (Wildman–Crippen MR) is 101 cm³/mol. The van der Waals surface area contributed by atoms with Gasteiger partial charge in [0.15, 0.2) is 5.82 Å². The Balaban J connectivity index is 1.62. The predicted octanol–water partition coefficient (Wildman–Crippen LogP) is 2.52. The molecule has 11 heteroatoms. The van der Waals surface area contributed by atoms with Crippen LogP contribution in [0.2, 0.25) is 5.02 Å². The normalized spacial score (nSPS) is 15.5. The molecule has 1 amide bonds. The summed E-state index contributed by atoms with van der Waals surface area (Å²) in [4.78, 5) is 20.4. The minimum absolute atomic E-state index is 0.0233. The number of amides is 1. The number of anilines is 1. The minimum Gasteiger partial charge on any atom is -0.444 e. The summed E-state index contributed by atoms with van der Waals surface area (Å²) in [5.74, 6) is -0.0298. The van der Waals surface area contributed by atoms with Gasteiger partial charge in [-0.3, -0.25) is 0 Å². The summed E-state index contributed by atoms with van der Waals surface area (Å²) in [5.41, 5.74) is 0.813. The standard InChI is InChI=1S/C17H19ClFN7O2/c1-17(2,3)28-16(27)25-6-4-24(5-7-25)14-15-21-22-23-26(15)13-8-10(18)11(19)9-12(13)20-14/h8-9H,4-7H2,1-3H3. The van der Waals surface area contributed by atoms with Crippen LogP contribution in [-0.2, 0) is 4.74 Å². The van der Waals surface area contributed by atoms with E-state index >= 15 is 0 Å². The number of carbonyl (C=O) groups is 1. The molecule has 2 aromatic heterocycles. The number of hydrogen-bond acceptors (Lipinski definition) is 7. The van der Waals surface area contributed by atoms with Crippen LogP contribution in [0.5, 0.6) is 0 Å². The largest absolute Gasteiger partial charge is 0.444 e. The van der Waals surface area contributed by atoms with Crippen LogP contribution in [0.25, 0.3) is 16.7 Å². The zero-order valence-corrected chi connectivity index (χ0v) is 16.4. The van der Waals surface area contributed by atoms with Crippen molar-refractivity contribution in [2.45, 2.75) is 26.4 Å². The average molecular weight is 408 g/mol. The number of fused-ring (bicyclic) bond motifs is 3. The molecule has 0 N–H and O–H groups in total. The minimum atomic E-state index is -0.560. The van der Waals surface area contributed by atoms with Crippen molar-refractivity contribution in [3.63, 3.8) is 0 Å². The Bertz CT molecular complexity index is 1060. The van der Waals surface area contributed by atoms with Crippen LogP contribution in [0.1, 0.15) is 20.8 Å². The molecule has 0 bridgehead atoms. The molecular weight excluding hydrogens is 389 g/mol. The van der Waals surface area contributed by atoms with Crippen LogP contribution in [0, 0.1) is 5.82 Å². The molecule has 0 radical (unpaired) electrons. The van der Waals surface area contributed by atoms with Crippen molar-refractivity contribution in [1.29, 1.82) is 0 Å². The Kier molecular flexibility index (Phi) is 4.45. The summed E-state index contributed by atoms with van der Waals surface area (Å²) in [6, 6.07) is 2.71. The summed E-state index contributed by atoms with van der Waals surface area (Å²) in [7, 11) is 0. The zero-order chi connectivity index (χ0) is 20.1. The molecule has 1 aliphatic rings. The van der Waals surface area contributed by atoms with E-state index in [4.69, 9.17) is 16.3 Å². The maximum absolute atomic E-state index is 13.9. The van der Waals surface area contributed by atoms with Crippen LogP contribution < -0.4 is 4.90 Å². The van der Waals surface area contributed by atoms with E-state index in [-0.39, 0.29) is 11.1 Å². The van der Waals surface area contributed by atoms with Gasteiger partial charge in [-0.25, -0.2) is 14.2 Å². The topological polar surface area (TPSA) is 88.8 Å². The first-order valence-electron chi connectivity index (χ1n) is 8.83. The second-order valence-electron chi connectivity index (χ2n) is 7.56. The van der Waals surface area contributed by atoms with E-state index in [0.717, 1.165) is 0 Å². The third-order valence-corrected chi connectivity index (χ3v) is 4.66. The molecular formula is C17H19ClFN7O2. The van der Waals surface area contributed by atoms with Crippen molar-refractivity contribution in [3.05, 3.63) is 23.0 Å². The highest BCUT2D eigenvalue weighted by atomic mass is 35.5. The third kappa shape index (κ3) is 3.39. The van der Waals surface area contributed by atoms with Crippen molar-refractivity contribution >= 4 is 40.2 Å². The molecule has 3 aromatic rings. The lowest BCUT2D eigenvalue weighted by Gasteiger charge is -2.36. The molecule has 0 atom stereocenters. The highest BCUT2D eigenvalue weighted by molar-refractivity contribution is 6.31. The highest BCUT2D eigenvalue weighted by Gasteiger charge is 2.28. The van der Waals surface area contributed by atoms with Crippen molar-refractivity contribution in [1.82, 2.24) is 29.9 Å². The summed E-state index contributed by atoms with van der Waals surface area (Å²) >= 11 is 5.89. The molecule has 0 unspecified atom stereocenters. The monoisotopic (exact) mass is 407 g/mol. The Hall–Kier alpha value is -2.75. The van der Waals surface area contributed by atoms with Crippen molar-refractivity contribution in [3.8, 4) is 0 Å². The van der Waals surface area contributed by atoms with Gasteiger partial charge in [-0.05, 0) is 37.3 Å². The zero-order valence-electron chi connectivity index (χ0n) is 15.7. The van der Waals surface area contributed by atoms with Gasteiger partial charge in [0.1, 0.15) is 11.4 Å². The maximum atomic E-state index is 13.9. The molecule has 0 saturated carbocycles. The summed E-state index contributed by atoms with van der Waals surface area (Å²) in [6.45, 7) is 7.49. The Morgan fingerprint density at radius 2 is 1.93 bits per heavy atom. The number of piperazine rings is 1. The number of benzene rings is 1. The number of nitrogens with zero attached hydrogens (tertiary/aromatic N) is 7. The first kappa shape index (κ1) is 18.6. The van der Waals surface area contributed by atoms with Gasteiger partial charge < -0.3 is 14.5 Å². The van der Waals surface area contributed by atoms with Crippen LogP contribution in [0.3, 0.4) is 0 Å². The maximum Gasteiger partial charge on any atom is 0.410 e. The molecule has 4 rings (SSSR count). The van der Waals surface area contributed by atoms with Crippen LogP contribution in [0.15, 0.2) is 12.1 Å². The molecule has 1 aliphatic heterocycles. The lowest BCUT2D eigenvalue weighted by Crippen LogP contribution is -2.50. The van der Waals surface area contributed by atoms with Gasteiger partial charge in [-0.15, -0.1) is 5.10 Å². The van der Waals surface area contributed by atoms with Crippen molar-refractivity contribution in [2.75, 3.05) is 31.1 Å². The Morgan fingerprint density at radius 3 is 2.61 bits per heavy atom. The second-order valence-corrected chi connectivity index (χ2v) is 7.97. The van der Waals surface area contributed by atoms with E-state index in [1.807, 2.05) is 25.7 Å². The van der Waals surface area contributed by atoms with Gasteiger partial charge >= 0.3 is 6.09 Å². The lowest BCUT2D eigenvalue weighted by molar-refractivity contribution is 0.0240. The smallest absolute Gasteiger partial charge is 0.410 e. The number of hydrogen-bond donors (Lipinski definition) is 0. The summed E-state index contributed by atoms with van der Waals surface area (Å²) in [6.07, 6.45) is -0.343. The van der Waals surface area contributed by atoms with Gasteiger partial charge in [-0.2, -0.15) is 4.52 Å². The van der Waals surface area contributed by atoms with Crippen LogP contribution >= 0.6 is 11.6 Å². The average Bonchev–Trinajstić information content (AvgIpc) is 3.11. The van der Waals surface area contributed by atoms with E-state index in [2.05, 4.69) is 20.5 Å². The number of ether oxygens (including phenoxy) is 1. The molecule has 1 saturated heterocycles. The van der Waals surface area contributed by atoms with Gasteiger partial charge in [0.2, 0.25) is 5.65 Å². The number of aromatic nitrogens is 5. The van der Waals surface area contributed by atoms with Crippen molar-refractivity contribution < 1.29 is 13.9 Å². The first-order valence-corrected chi connectivity index (χ1v) is 9.20. The molecule has 1 fully saturated rings. The van der Waals surface area contributed by atoms with Gasteiger partial charge in [0.05, 0.1) is 16.1 Å². The number of carbonyl (C=O) groups excluding carboxylic acids is 1. The molecule has 3 heterocycles. The van der Waals surface area contributed by atoms with Gasteiger partial charge in [0.25, 0.3) is 0 Å². The summed E-state index contributed by atoms with van der Waals surface area (Å²) < 4.78 is 20.8. The quantitative estimate of drug-likeness (QED) is 0.612. The summed E-state index contributed by atoms with van der Waals surface area (Å²) in [5, 5.41) is 11.7. The van der Waals surface area contributed by atoms with Crippen LogP contribution in [0.4, 0.5) is 15.0 Å². The molecule has 0 aliphatic carbocycles.